The van der Waals surface area contributed by atoms with Crippen molar-refractivity contribution in [3.8, 4) is 0 Å². The van der Waals surface area contributed by atoms with E-state index in [-0.39, 0.29) is 0 Å². The summed E-state index contributed by atoms with van der Waals surface area (Å²) in [4.78, 5) is 0. The predicted octanol–water partition coefficient (Wildman–Crippen LogP) is 3.26. The zero-order valence-corrected chi connectivity index (χ0v) is 8.34. The monoisotopic (exact) mass is 237 g/mol. The highest BCUT2D eigenvalue weighted by Crippen LogP contribution is 2.28. The van der Waals surface area contributed by atoms with E-state index in [1.54, 1.807) is 0 Å². The molecule has 0 heterocycles. The molecular weight excluding hydrogens is 224 g/mol. The lowest BCUT2D eigenvalue weighted by Gasteiger charge is -2.23. The zero-order chi connectivity index (χ0) is 12.3. The average Bonchev–Trinajstić information content (AvgIpc) is 1.73. The lowest BCUT2D eigenvalue weighted by molar-refractivity contribution is -0.165. The normalized spacial score (nSPS) is 14.0. The third kappa shape index (κ3) is 9.84. The highest BCUT2D eigenvalue weighted by Gasteiger charge is 2.38. The first-order chi connectivity index (χ1) is 6.49. The van der Waals surface area contributed by atoms with Crippen LogP contribution in [0.3, 0.4) is 0 Å². The molecule has 0 saturated carbocycles. The maximum Gasteiger partial charge on any atom is 0.390 e. The highest BCUT2D eigenvalue weighted by atomic mass is 19.4. The van der Waals surface area contributed by atoms with Gasteiger partial charge in [0.15, 0.2) is 0 Å². The highest BCUT2D eigenvalue weighted by molar-refractivity contribution is 4.75. The first-order valence-electron chi connectivity index (χ1n) is 4.39. The van der Waals surface area contributed by atoms with Crippen molar-refractivity contribution in [1.82, 2.24) is 5.32 Å². The Morgan fingerprint density at radius 3 is 1.40 bits per heavy atom. The van der Waals surface area contributed by atoms with E-state index in [2.05, 4.69) is 5.32 Å². The molecule has 0 radical (unpaired) electrons. The molecule has 0 atom stereocenters. The molecule has 92 valence electrons. The van der Waals surface area contributed by atoms with Crippen LogP contribution < -0.4 is 5.32 Å². The van der Waals surface area contributed by atoms with Crippen molar-refractivity contribution < 1.29 is 26.3 Å². The van der Waals surface area contributed by atoms with Crippen molar-refractivity contribution in [3.63, 3.8) is 0 Å². The van der Waals surface area contributed by atoms with E-state index in [0.29, 0.717) is 0 Å². The van der Waals surface area contributed by atoms with E-state index >= 15 is 0 Å². The fourth-order valence-electron chi connectivity index (χ4n) is 1.22. The van der Waals surface area contributed by atoms with Crippen LogP contribution in [0.4, 0.5) is 26.3 Å². The van der Waals surface area contributed by atoms with Gasteiger partial charge in [0.2, 0.25) is 0 Å². The third-order valence-corrected chi connectivity index (χ3v) is 1.52. The number of alkyl halides is 6. The largest absolute Gasteiger partial charge is 0.390 e. The van der Waals surface area contributed by atoms with Crippen molar-refractivity contribution in [2.45, 2.75) is 51.1 Å². The van der Waals surface area contributed by atoms with Crippen LogP contribution in [0.2, 0.25) is 0 Å². The minimum absolute atomic E-state index is 0.417. The molecule has 0 amide bonds. The first kappa shape index (κ1) is 14.5. The van der Waals surface area contributed by atoms with E-state index in [4.69, 9.17) is 0 Å². The van der Waals surface area contributed by atoms with Crippen LogP contribution in [-0.2, 0) is 0 Å². The molecule has 1 N–H and O–H groups in total. The van der Waals surface area contributed by atoms with Gasteiger partial charge < -0.3 is 5.32 Å². The Morgan fingerprint density at radius 1 is 0.867 bits per heavy atom. The molecule has 15 heavy (non-hydrogen) atoms. The van der Waals surface area contributed by atoms with Gasteiger partial charge in [0, 0.05) is 12.1 Å². The molecule has 0 aromatic rings. The van der Waals surface area contributed by atoms with Crippen LogP contribution in [-0.4, -0.2) is 24.4 Å². The summed E-state index contributed by atoms with van der Waals surface area (Å²) < 4.78 is 71.5. The Bertz CT molecular complexity index is 167. The molecule has 0 aliphatic heterocycles. The number of hydrogen-bond acceptors (Lipinski definition) is 1. The molecule has 0 saturated heterocycles. The molecule has 0 aromatic carbocycles. The quantitative estimate of drug-likeness (QED) is 0.740. The van der Waals surface area contributed by atoms with E-state index in [1.165, 1.54) is 13.8 Å². The second kappa shape index (κ2) is 5.05. The lowest BCUT2D eigenvalue weighted by Crippen LogP contribution is -2.41. The maximum absolute atomic E-state index is 11.9. The van der Waals surface area contributed by atoms with Gasteiger partial charge in [0.1, 0.15) is 0 Å². The van der Waals surface area contributed by atoms with Gasteiger partial charge in [-0.3, -0.25) is 0 Å². The van der Waals surface area contributed by atoms with Gasteiger partial charge in [-0.1, -0.05) is 13.8 Å². The summed E-state index contributed by atoms with van der Waals surface area (Å²) in [6, 6.07) is -2.02. The topological polar surface area (TPSA) is 12.0 Å². The van der Waals surface area contributed by atoms with E-state index in [0.717, 1.165) is 0 Å². The van der Waals surface area contributed by atoms with Gasteiger partial charge in [-0.2, -0.15) is 26.3 Å². The summed E-state index contributed by atoms with van der Waals surface area (Å²) in [6.07, 6.45) is -12.1. The molecule has 0 fully saturated rings. The van der Waals surface area contributed by atoms with Crippen LogP contribution in [0.5, 0.6) is 0 Å². The van der Waals surface area contributed by atoms with Crippen molar-refractivity contribution in [2.75, 3.05) is 0 Å². The number of hydrogen-bond donors (Lipinski definition) is 1. The maximum atomic E-state index is 11.9. The molecule has 0 unspecified atom stereocenters. The van der Waals surface area contributed by atoms with Crippen molar-refractivity contribution in [2.24, 2.45) is 0 Å². The van der Waals surface area contributed by atoms with Crippen LogP contribution in [0.1, 0.15) is 26.7 Å². The van der Waals surface area contributed by atoms with Crippen LogP contribution in [0.15, 0.2) is 0 Å². The van der Waals surface area contributed by atoms with Crippen molar-refractivity contribution in [3.05, 3.63) is 0 Å². The molecule has 0 aliphatic carbocycles. The van der Waals surface area contributed by atoms with E-state index < -0.39 is 37.3 Å². The molecule has 0 aliphatic rings. The smallest absolute Gasteiger partial charge is 0.311 e. The Kier molecular flexibility index (Phi) is 4.89. The number of rotatable bonds is 4. The summed E-state index contributed by atoms with van der Waals surface area (Å²) in [5.74, 6) is 0. The molecule has 1 nitrogen and oxygen atoms in total. The molecule has 0 aromatic heterocycles. The second-order valence-corrected chi connectivity index (χ2v) is 3.66. The van der Waals surface area contributed by atoms with E-state index in [1.807, 2.05) is 0 Å². The Hall–Kier alpha value is -0.460. The summed E-state index contributed by atoms with van der Waals surface area (Å²) in [5.41, 5.74) is 0. The van der Waals surface area contributed by atoms with Crippen LogP contribution >= 0.6 is 0 Å². The summed E-state index contributed by atoms with van der Waals surface area (Å²) >= 11 is 0. The van der Waals surface area contributed by atoms with Gasteiger partial charge in [-0.15, -0.1) is 0 Å². The number of nitrogens with one attached hydrogen (secondary N) is 1. The molecule has 7 heteroatoms. The molecular formula is C8H13F6N. The van der Waals surface area contributed by atoms with Gasteiger partial charge in [0.05, 0.1) is 12.8 Å². The SMILES string of the molecule is CC(C)NC(CC(F)(F)F)CC(F)(F)F. The zero-order valence-electron chi connectivity index (χ0n) is 8.34. The first-order valence-corrected chi connectivity index (χ1v) is 4.39. The molecule has 0 rings (SSSR count). The minimum Gasteiger partial charge on any atom is -0.311 e. The predicted molar refractivity (Wildman–Crippen MR) is 43.4 cm³/mol. The van der Waals surface area contributed by atoms with Gasteiger partial charge >= 0.3 is 12.4 Å². The van der Waals surface area contributed by atoms with Gasteiger partial charge in [-0.05, 0) is 0 Å². The second-order valence-electron chi connectivity index (χ2n) is 3.66. The fraction of sp³-hybridized carbons (Fsp3) is 1.00. The number of halogens is 6. The van der Waals surface area contributed by atoms with Crippen LogP contribution in [0.25, 0.3) is 0 Å². The minimum atomic E-state index is -4.59. The third-order valence-electron chi connectivity index (χ3n) is 1.52. The molecule has 0 bridgehead atoms. The summed E-state index contributed by atoms with van der Waals surface area (Å²) in [7, 11) is 0. The average molecular weight is 237 g/mol. The Labute approximate surface area is 83.8 Å². The Balaban J connectivity index is 4.32. The van der Waals surface area contributed by atoms with Crippen LogP contribution in [0, 0.1) is 0 Å². The van der Waals surface area contributed by atoms with Gasteiger partial charge in [0.25, 0.3) is 0 Å². The summed E-state index contributed by atoms with van der Waals surface area (Å²) in [6.45, 7) is 3.00. The lowest BCUT2D eigenvalue weighted by atomic mass is 10.1. The van der Waals surface area contributed by atoms with Crippen molar-refractivity contribution in [1.29, 1.82) is 0 Å². The fourth-order valence-corrected chi connectivity index (χ4v) is 1.22. The van der Waals surface area contributed by atoms with E-state index in [9.17, 15) is 26.3 Å². The standard InChI is InChI=1S/C8H13F6N/c1-5(2)15-6(3-7(9,10)11)4-8(12,13)14/h5-6,15H,3-4H2,1-2H3. The molecule has 0 spiro atoms. The van der Waals surface area contributed by atoms with Crippen molar-refractivity contribution >= 4 is 0 Å². The summed E-state index contributed by atoms with van der Waals surface area (Å²) in [5, 5.41) is 2.25. The Morgan fingerprint density at radius 2 is 1.20 bits per heavy atom. The van der Waals surface area contributed by atoms with Gasteiger partial charge in [-0.25, -0.2) is 0 Å².